The molecule has 0 aliphatic heterocycles. The van der Waals surface area contributed by atoms with Crippen molar-refractivity contribution in [2.75, 3.05) is 18.5 Å². The van der Waals surface area contributed by atoms with Gasteiger partial charge in [-0.1, -0.05) is 19.3 Å². The Morgan fingerprint density at radius 1 is 1.07 bits per heavy atom. The van der Waals surface area contributed by atoms with Gasteiger partial charge in [-0.2, -0.15) is 0 Å². The predicted octanol–water partition coefficient (Wildman–Crippen LogP) is 1.90. The van der Waals surface area contributed by atoms with Crippen molar-refractivity contribution in [1.82, 2.24) is 10.6 Å². The van der Waals surface area contributed by atoms with Crippen LogP contribution < -0.4 is 26.4 Å². The van der Waals surface area contributed by atoms with Crippen LogP contribution in [0.1, 0.15) is 44.9 Å². The highest BCUT2D eigenvalue weighted by molar-refractivity contribution is 5.90. The van der Waals surface area contributed by atoms with Crippen molar-refractivity contribution in [3.05, 3.63) is 24.3 Å². The third-order valence-electron chi connectivity index (χ3n) is 4.33. The Labute approximate surface area is 159 Å². The van der Waals surface area contributed by atoms with Gasteiger partial charge in [0.05, 0.1) is 0 Å². The van der Waals surface area contributed by atoms with Gasteiger partial charge in [-0.3, -0.25) is 9.59 Å². The van der Waals surface area contributed by atoms with Crippen molar-refractivity contribution >= 4 is 23.5 Å². The van der Waals surface area contributed by atoms with Crippen LogP contribution in [0.15, 0.2) is 24.3 Å². The molecule has 148 valence electrons. The molecule has 0 bridgehead atoms. The minimum absolute atomic E-state index is 0.129. The van der Waals surface area contributed by atoms with E-state index in [2.05, 4.69) is 16.0 Å². The number of amides is 4. The monoisotopic (exact) mass is 376 g/mol. The molecular formula is C19H28N4O4. The summed E-state index contributed by atoms with van der Waals surface area (Å²) >= 11 is 0. The molecule has 0 radical (unpaired) electrons. The minimum atomic E-state index is -0.548. The van der Waals surface area contributed by atoms with Gasteiger partial charge in [0.25, 0.3) is 5.91 Å². The molecule has 0 saturated heterocycles. The van der Waals surface area contributed by atoms with E-state index >= 15 is 0 Å². The fourth-order valence-electron chi connectivity index (χ4n) is 2.95. The molecule has 27 heavy (non-hydrogen) atoms. The Kier molecular flexibility index (Phi) is 8.41. The summed E-state index contributed by atoms with van der Waals surface area (Å²) in [4.78, 5) is 34.4. The third kappa shape index (κ3) is 8.44. The molecule has 5 N–H and O–H groups in total. The maximum absolute atomic E-state index is 11.9. The fraction of sp³-hybridized carbons (Fsp3) is 0.526. The summed E-state index contributed by atoms with van der Waals surface area (Å²) in [5.41, 5.74) is 5.64. The number of benzene rings is 1. The molecule has 0 spiro atoms. The summed E-state index contributed by atoms with van der Waals surface area (Å²) in [6.45, 7) is 0.263. The van der Waals surface area contributed by atoms with Crippen molar-refractivity contribution in [3.8, 4) is 5.75 Å². The first-order valence-corrected chi connectivity index (χ1v) is 9.38. The third-order valence-corrected chi connectivity index (χ3v) is 4.33. The Bertz CT molecular complexity index is 627. The van der Waals surface area contributed by atoms with E-state index in [0.717, 1.165) is 12.8 Å². The maximum Gasteiger partial charge on any atom is 0.315 e. The molecule has 8 heteroatoms. The summed E-state index contributed by atoms with van der Waals surface area (Å²) in [5.74, 6) is -0.177. The SMILES string of the molecule is NC(=O)COc1ccc(NC(=O)CCCNC(=O)NC2CCCCC2)cc1. The summed E-state index contributed by atoms with van der Waals surface area (Å²) in [6, 6.07) is 6.78. The molecule has 8 nitrogen and oxygen atoms in total. The summed E-state index contributed by atoms with van der Waals surface area (Å²) in [5, 5.41) is 8.55. The number of urea groups is 1. The quantitative estimate of drug-likeness (QED) is 0.492. The lowest BCUT2D eigenvalue weighted by molar-refractivity contribution is -0.120. The largest absolute Gasteiger partial charge is 0.484 e. The molecule has 0 aromatic heterocycles. The molecular weight excluding hydrogens is 348 g/mol. The van der Waals surface area contributed by atoms with Crippen LogP contribution in [0.2, 0.25) is 0 Å². The van der Waals surface area contributed by atoms with Gasteiger partial charge in [0.15, 0.2) is 6.61 Å². The second-order valence-corrected chi connectivity index (χ2v) is 6.67. The van der Waals surface area contributed by atoms with Crippen molar-refractivity contribution in [1.29, 1.82) is 0 Å². The smallest absolute Gasteiger partial charge is 0.315 e. The van der Waals surface area contributed by atoms with E-state index in [-0.39, 0.29) is 24.6 Å². The van der Waals surface area contributed by atoms with Crippen molar-refractivity contribution < 1.29 is 19.1 Å². The van der Waals surface area contributed by atoms with Gasteiger partial charge in [-0.05, 0) is 43.5 Å². The number of ether oxygens (including phenoxy) is 1. The van der Waals surface area contributed by atoms with Crippen molar-refractivity contribution in [2.24, 2.45) is 5.73 Å². The van der Waals surface area contributed by atoms with Crippen LogP contribution in [-0.2, 0) is 9.59 Å². The Morgan fingerprint density at radius 3 is 2.44 bits per heavy atom. The Morgan fingerprint density at radius 2 is 1.78 bits per heavy atom. The average molecular weight is 376 g/mol. The molecule has 1 fully saturated rings. The molecule has 1 aliphatic rings. The van der Waals surface area contributed by atoms with Crippen LogP contribution >= 0.6 is 0 Å². The summed E-state index contributed by atoms with van der Waals surface area (Å²) in [7, 11) is 0. The highest BCUT2D eigenvalue weighted by Crippen LogP contribution is 2.17. The lowest BCUT2D eigenvalue weighted by Crippen LogP contribution is -2.43. The van der Waals surface area contributed by atoms with Gasteiger partial charge < -0.3 is 26.4 Å². The number of nitrogens with one attached hydrogen (secondary N) is 3. The highest BCUT2D eigenvalue weighted by atomic mass is 16.5. The number of primary amides is 1. The van der Waals surface area contributed by atoms with E-state index in [9.17, 15) is 14.4 Å². The molecule has 4 amide bonds. The first kappa shape index (κ1) is 20.5. The van der Waals surface area contributed by atoms with Gasteiger partial charge in [0.2, 0.25) is 5.91 Å². The van der Waals surface area contributed by atoms with Crippen LogP contribution in [0.5, 0.6) is 5.75 Å². The number of rotatable bonds is 9. The molecule has 1 aromatic carbocycles. The average Bonchev–Trinajstić information content (AvgIpc) is 2.65. The van der Waals surface area contributed by atoms with E-state index in [1.807, 2.05) is 0 Å². The van der Waals surface area contributed by atoms with Crippen LogP contribution in [0, 0.1) is 0 Å². The summed E-state index contributed by atoms with van der Waals surface area (Å²) < 4.78 is 5.15. The van der Waals surface area contributed by atoms with E-state index in [1.165, 1.54) is 19.3 Å². The first-order chi connectivity index (χ1) is 13.0. The first-order valence-electron chi connectivity index (χ1n) is 9.38. The number of hydrogen-bond donors (Lipinski definition) is 4. The van der Waals surface area contributed by atoms with E-state index < -0.39 is 5.91 Å². The highest BCUT2D eigenvalue weighted by Gasteiger charge is 2.15. The topological polar surface area (TPSA) is 123 Å². The van der Waals surface area contributed by atoms with Gasteiger partial charge >= 0.3 is 6.03 Å². The lowest BCUT2D eigenvalue weighted by atomic mass is 9.96. The van der Waals surface area contributed by atoms with Crippen molar-refractivity contribution in [3.63, 3.8) is 0 Å². The predicted molar refractivity (Wildman–Crippen MR) is 102 cm³/mol. The zero-order chi connectivity index (χ0) is 19.5. The maximum atomic E-state index is 11.9. The van der Waals surface area contributed by atoms with Crippen molar-refractivity contribution in [2.45, 2.75) is 51.0 Å². The van der Waals surface area contributed by atoms with Gasteiger partial charge in [0, 0.05) is 24.7 Å². The molecule has 1 saturated carbocycles. The molecule has 0 unspecified atom stereocenters. The van der Waals surface area contributed by atoms with Crippen LogP contribution in [0.3, 0.4) is 0 Å². The van der Waals surface area contributed by atoms with Crippen LogP contribution in [-0.4, -0.2) is 37.0 Å². The molecule has 1 aromatic rings. The van der Waals surface area contributed by atoms with E-state index in [0.29, 0.717) is 30.8 Å². The Hall–Kier alpha value is -2.77. The van der Waals surface area contributed by atoms with Crippen LogP contribution in [0.4, 0.5) is 10.5 Å². The standard InChI is InChI=1S/C19H28N4O4/c20-17(24)13-27-16-10-8-15(9-11-16)22-18(25)7-4-12-21-19(26)23-14-5-2-1-3-6-14/h8-11,14H,1-7,12-13H2,(H2,20,24)(H,22,25)(H2,21,23,26). The number of anilines is 1. The van der Waals surface area contributed by atoms with E-state index in [4.69, 9.17) is 10.5 Å². The number of carbonyl (C=O) groups is 3. The number of hydrogen-bond acceptors (Lipinski definition) is 4. The second-order valence-electron chi connectivity index (χ2n) is 6.67. The van der Waals surface area contributed by atoms with Gasteiger partial charge in [0.1, 0.15) is 5.75 Å². The molecule has 1 aliphatic carbocycles. The molecule has 2 rings (SSSR count). The number of nitrogens with two attached hydrogens (primary N) is 1. The van der Waals surface area contributed by atoms with Crippen LogP contribution in [0.25, 0.3) is 0 Å². The van der Waals surface area contributed by atoms with E-state index in [1.54, 1.807) is 24.3 Å². The second kappa shape index (κ2) is 11.1. The Balaban J connectivity index is 1.58. The fourth-order valence-corrected chi connectivity index (χ4v) is 2.95. The normalized spacial score (nSPS) is 14.2. The lowest BCUT2D eigenvalue weighted by Gasteiger charge is -2.22. The van der Waals surface area contributed by atoms with Gasteiger partial charge in [-0.25, -0.2) is 4.79 Å². The van der Waals surface area contributed by atoms with Gasteiger partial charge in [-0.15, -0.1) is 0 Å². The zero-order valence-electron chi connectivity index (χ0n) is 15.5. The minimum Gasteiger partial charge on any atom is -0.484 e. The summed E-state index contributed by atoms with van der Waals surface area (Å²) in [6.07, 6.45) is 6.54. The number of carbonyl (C=O) groups excluding carboxylic acids is 3. The molecule has 0 heterocycles. The zero-order valence-corrected chi connectivity index (χ0v) is 15.5. The molecule has 0 atom stereocenters.